The lowest BCUT2D eigenvalue weighted by Gasteiger charge is -2.09. The van der Waals surface area contributed by atoms with E-state index in [-0.39, 0.29) is 0 Å². The van der Waals surface area contributed by atoms with Gasteiger partial charge in [-0.2, -0.15) is 0 Å². The number of aromatic nitrogens is 2. The third kappa shape index (κ3) is 3.73. The summed E-state index contributed by atoms with van der Waals surface area (Å²) in [5.74, 6) is 0.708. The molecule has 1 aromatic carbocycles. The van der Waals surface area contributed by atoms with Gasteiger partial charge in [0.1, 0.15) is 11.6 Å². The highest BCUT2D eigenvalue weighted by atomic mass is 35.5. The van der Waals surface area contributed by atoms with Crippen molar-refractivity contribution in [3.8, 4) is 0 Å². The second kappa shape index (κ2) is 6.10. The van der Waals surface area contributed by atoms with Crippen LogP contribution in [0.3, 0.4) is 0 Å². The molecule has 2 rings (SSSR count). The van der Waals surface area contributed by atoms with Gasteiger partial charge < -0.3 is 16.8 Å². The summed E-state index contributed by atoms with van der Waals surface area (Å²) in [5.41, 5.74) is 12.4. The Labute approximate surface area is 120 Å². The molecule has 5 N–H and O–H groups in total. The fourth-order valence-electron chi connectivity index (χ4n) is 1.57. The van der Waals surface area contributed by atoms with Gasteiger partial charge in [0.2, 0.25) is 0 Å². The smallest absolute Gasteiger partial charge is 0.196 e. The molecule has 0 amide bonds. The zero-order valence-electron chi connectivity index (χ0n) is 10.4. The number of nitrogens with zero attached hydrogens (tertiary/aromatic N) is 2. The van der Waals surface area contributed by atoms with Gasteiger partial charge in [0.25, 0.3) is 0 Å². The van der Waals surface area contributed by atoms with Gasteiger partial charge in [-0.05, 0) is 36.5 Å². The molecule has 0 fully saturated rings. The normalized spacial score (nSPS) is 10.6. The Bertz CT molecular complexity index is 570. The van der Waals surface area contributed by atoms with E-state index in [1.165, 1.54) is 17.8 Å². The second-order valence-corrected chi connectivity index (χ2v) is 5.33. The summed E-state index contributed by atoms with van der Waals surface area (Å²) in [4.78, 5) is 9.27. The van der Waals surface area contributed by atoms with Crippen LogP contribution in [0.4, 0.5) is 11.6 Å². The Balaban J connectivity index is 2.33. The highest BCUT2D eigenvalue weighted by Gasteiger charge is 2.08. The first-order chi connectivity index (χ1) is 9.08. The molecule has 0 atom stereocenters. The Kier molecular flexibility index (Phi) is 4.47. The second-order valence-electron chi connectivity index (χ2n) is 3.88. The third-order valence-electron chi connectivity index (χ3n) is 2.34. The van der Waals surface area contributed by atoms with Crippen LogP contribution in [-0.4, -0.2) is 17.0 Å². The van der Waals surface area contributed by atoms with Gasteiger partial charge in [0, 0.05) is 22.5 Å². The molecular formula is C12H14ClN5S. The minimum atomic E-state index is 0.354. The topological polar surface area (TPSA) is 89.8 Å². The number of hydrogen-bond donors (Lipinski definition) is 3. The number of nitrogen functional groups attached to an aromatic ring is 2. The van der Waals surface area contributed by atoms with Crippen molar-refractivity contribution >= 4 is 35.0 Å². The number of rotatable bonds is 4. The predicted molar refractivity (Wildman–Crippen MR) is 79.2 cm³/mol. The molecule has 0 aliphatic rings. The van der Waals surface area contributed by atoms with Crippen LogP contribution >= 0.6 is 23.4 Å². The van der Waals surface area contributed by atoms with Gasteiger partial charge >= 0.3 is 0 Å². The summed E-state index contributed by atoms with van der Waals surface area (Å²) in [6.45, 7) is 0.733. The molecule has 0 spiro atoms. The molecule has 7 heteroatoms. The largest absolute Gasteiger partial charge is 0.383 e. The van der Waals surface area contributed by atoms with Gasteiger partial charge in [0.05, 0.1) is 0 Å². The first-order valence-corrected chi connectivity index (χ1v) is 6.79. The molecule has 19 heavy (non-hydrogen) atoms. The molecule has 5 nitrogen and oxygen atoms in total. The molecule has 0 aliphatic carbocycles. The van der Waals surface area contributed by atoms with Crippen LogP contribution in [0.1, 0.15) is 5.56 Å². The van der Waals surface area contributed by atoms with E-state index in [1.54, 1.807) is 0 Å². The molecular weight excluding hydrogens is 282 g/mol. The Morgan fingerprint density at radius 1 is 1.21 bits per heavy atom. The Morgan fingerprint density at radius 2 is 1.89 bits per heavy atom. The minimum Gasteiger partial charge on any atom is -0.383 e. The van der Waals surface area contributed by atoms with E-state index in [4.69, 9.17) is 23.1 Å². The van der Waals surface area contributed by atoms with Crippen molar-refractivity contribution in [1.82, 2.24) is 15.3 Å². The lowest BCUT2D eigenvalue weighted by molar-refractivity contribution is 0.802. The minimum absolute atomic E-state index is 0.354. The van der Waals surface area contributed by atoms with Crippen LogP contribution in [0, 0.1) is 0 Å². The van der Waals surface area contributed by atoms with Gasteiger partial charge in [-0.1, -0.05) is 17.7 Å². The fourth-order valence-corrected chi connectivity index (χ4v) is 2.76. The predicted octanol–water partition coefficient (Wildman–Crippen LogP) is 2.17. The van der Waals surface area contributed by atoms with Crippen LogP contribution in [0.15, 0.2) is 34.3 Å². The average Bonchev–Trinajstić information content (AvgIpc) is 2.31. The van der Waals surface area contributed by atoms with E-state index in [2.05, 4.69) is 15.3 Å². The highest BCUT2D eigenvalue weighted by molar-refractivity contribution is 7.99. The van der Waals surface area contributed by atoms with E-state index in [0.717, 1.165) is 17.0 Å². The Hall–Kier alpha value is -1.50. The van der Waals surface area contributed by atoms with Crippen molar-refractivity contribution in [2.24, 2.45) is 0 Å². The molecule has 0 radical (unpaired) electrons. The average molecular weight is 296 g/mol. The number of nitrogens with one attached hydrogen (secondary N) is 1. The van der Waals surface area contributed by atoms with Gasteiger partial charge in [0.15, 0.2) is 5.16 Å². The van der Waals surface area contributed by atoms with Gasteiger partial charge in [-0.25, -0.2) is 9.97 Å². The standard InChI is InChI=1S/C12H14ClN5S/c1-16-6-7-2-3-8(13)4-9(7)19-12-17-10(14)5-11(15)18-12/h2-5,16H,6H2,1H3,(H4,14,15,17,18). The third-order valence-corrected chi connectivity index (χ3v) is 3.54. The number of anilines is 2. The molecule has 100 valence electrons. The lowest BCUT2D eigenvalue weighted by atomic mass is 10.2. The molecule has 1 aromatic heterocycles. The maximum atomic E-state index is 6.02. The summed E-state index contributed by atoms with van der Waals surface area (Å²) >= 11 is 7.41. The number of hydrogen-bond acceptors (Lipinski definition) is 6. The van der Waals surface area contributed by atoms with E-state index < -0.39 is 0 Å². The van der Waals surface area contributed by atoms with Crippen LogP contribution in [0.2, 0.25) is 5.02 Å². The zero-order chi connectivity index (χ0) is 13.8. The first-order valence-electron chi connectivity index (χ1n) is 5.59. The molecule has 2 aromatic rings. The number of halogens is 1. The zero-order valence-corrected chi connectivity index (χ0v) is 11.9. The molecule has 0 saturated heterocycles. The summed E-state index contributed by atoms with van der Waals surface area (Å²) in [6, 6.07) is 7.22. The highest BCUT2D eigenvalue weighted by Crippen LogP contribution is 2.31. The van der Waals surface area contributed by atoms with E-state index in [1.807, 2.05) is 25.2 Å². The molecule has 0 aliphatic heterocycles. The van der Waals surface area contributed by atoms with Crippen LogP contribution < -0.4 is 16.8 Å². The van der Waals surface area contributed by atoms with Gasteiger partial charge in [-0.15, -0.1) is 0 Å². The monoisotopic (exact) mass is 295 g/mol. The fraction of sp³-hybridized carbons (Fsp3) is 0.167. The molecule has 0 saturated carbocycles. The van der Waals surface area contributed by atoms with Crippen molar-refractivity contribution in [3.63, 3.8) is 0 Å². The van der Waals surface area contributed by atoms with Crippen LogP contribution in [-0.2, 0) is 6.54 Å². The number of nitrogens with two attached hydrogens (primary N) is 2. The van der Waals surface area contributed by atoms with Crippen LogP contribution in [0.25, 0.3) is 0 Å². The molecule has 0 bridgehead atoms. The van der Waals surface area contributed by atoms with Crippen molar-refractivity contribution in [2.75, 3.05) is 18.5 Å². The summed E-state index contributed by atoms with van der Waals surface area (Å²) in [5, 5.41) is 4.28. The summed E-state index contributed by atoms with van der Waals surface area (Å²) in [7, 11) is 1.89. The van der Waals surface area contributed by atoms with Crippen molar-refractivity contribution in [2.45, 2.75) is 16.6 Å². The van der Waals surface area contributed by atoms with Gasteiger partial charge in [-0.3, -0.25) is 0 Å². The SMILES string of the molecule is CNCc1ccc(Cl)cc1Sc1nc(N)cc(N)n1. The van der Waals surface area contributed by atoms with Crippen LogP contribution in [0.5, 0.6) is 0 Å². The number of benzene rings is 1. The Morgan fingerprint density at radius 3 is 2.53 bits per heavy atom. The van der Waals surface area contributed by atoms with Crippen molar-refractivity contribution in [3.05, 3.63) is 34.9 Å². The lowest BCUT2D eigenvalue weighted by Crippen LogP contribution is -2.06. The van der Waals surface area contributed by atoms with E-state index in [0.29, 0.717) is 21.8 Å². The molecule has 1 heterocycles. The van der Waals surface area contributed by atoms with E-state index >= 15 is 0 Å². The van der Waals surface area contributed by atoms with Crippen molar-refractivity contribution < 1.29 is 0 Å². The quantitative estimate of drug-likeness (QED) is 0.749. The summed E-state index contributed by atoms with van der Waals surface area (Å²) in [6.07, 6.45) is 0. The maximum absolute atomic E-state index is 6.02. The molecule has 0 unspecified atom stereocenters. The van der Waals surface area contributed by atoms with E-state index in [9.17, 15) is 0 Å². The first kappa shape index (κ1) is 13.9. The summed E-state index contributed by atoms with van der Waals surface area (Å²) < 4.78 is 0. The van der Waals surface area contributed by atoms with Crippen molar-refractivity contribution in [1.29, 1.82) is 0 Å². The maximum Gasteiger partial charge on any atom is 0.196 e.